The number of carbonyl (C=O) groups is 6. The molecule has 2 aromatic heterocycles. The molecule has 28 heteroatoms. The Balaban J connectivity index is 0.000000236. The monoisotopic (exact) mass is 1220 g/mol. The molecule has 0 spiro atoms. The van der Waals surface area contributed by atoms with Gasteiger partial charge in [0, 0.05) is 48.9 Å². The number of amides is 6. The lowest BCUT2D eigenvalue weighted by Crippen LogP contribution is -2.53. The van der Waals surface area contributed by atoms with Gasteiger partial charge in [-0.1, -0.05) is 112 Å². The molecule has 6 amide bonds. The number of hydrogen-bond acceptors (Lipinski definition) is 10. The molecule has 2 aliphatic heterocycles. The van der Waals surface area contributed by atoms with Crippen molar-refractivity contribution in [1.82, 2.24) is 29.4 Å². The number of urea groups is 2. The van der Waals surface area contributed by atoms with E-state index in [1.54, 1.807) is 84.9 Å². The number of nitrogens with one attached hydrogen (secondary N) is 4. The second-order valence-corrected chi connectivity index (χ2v) is 22.3. The van der Waals surface area contributed by atoms with Gasteiger partial charge in [0.15, 0.2) is 0 Å². The maximum Gasteiger partial charge on any atom is 0.471 e. The van der Waals surface area contributed by atoms with E-state index in [1.807, 2.05) is 41.5 Å². The first-order chi connectivity index (χ1) is 38.2. The van der Waals surface area contributed by atoms with Crippen LogP contribution in [0, 0.1) is 0 Å². The van der Waals surface area contributed by atoms with Crippen LogP contribution in [0.25, 0.3) is 11.4 Å². The van der Waals surface area contributed by atoms with Gasteiger partial charge >= 0.3 is 48.2 Å². The molecule has 0 saturated carbocycles. The van der Waals surface area contributed by atoms with Crippen molar-refractivity contribution in [3.05, 3.63) is 139 Å². The average Bonchev–Trinajstić information content (AvgIpc) is 3.54. The Bertz CT molecular complexity index is 3490. The van der Waals surface area contributed by atoms with Crippen LogP contribution in [-0.4, -0.2) is 104 Å². The number of alkyl halides is 6. The van der Waals surface area contributed by atoms with Crippen molar-refractivity contribution in [2.24, 2.45) is 0 Å². The smallest absolute Gasteiger partial charge is 0.467 e. The van der Waals surface area contributed by atoms with Crippen molar-refractivity contribution in [3.63, 3.8) is 0 Å². The highest BCUT2D eigenvalue weighted by Gasteiger charge is 2.49. The number of aromatic nitrogens is 4. The molecular weight excluding hydrogens is 1170 g/mol. The molecule has 18 nitrogen and oxygen atoms in total. The van der Waals surface area contributed by atoms with Crippen LogP contribution in [-0.2, 0) is 65.4 Å². The molecule has 4 aromatic carbocycles. The highest BCUT2D eigenvalue weighted by atomic mass is 35.5. The molecular formula is C54H52Cl4F6N10O8. The Morgan fingerprint density at radius 1 is 0.512 bits per heavy atom. The lowest BCUT2D eigenvalue weighted by molar-refractivity contribution is -0.191. The number of rotatable bonds is 8. The number of benzene rings is 4. The first kappa shape index (κ1) is 62.1. The lowest BCUT2D eigenvalue weighted by Gasteiger charge is -2.35. The minimum atomic E-state index is -5.18. The molecule has 4 N–H and O–H groups in total. The maximum atomic E-state index is 13.4. The summed E-state index contributed by atoms with van der Waals surface area (Å²) in [4.78, 5) is 75.7. The quantitative estimate of drug-likeness (QED) is 0.0836. The van der Waals surface area contributed by atoms with Crippen molar-refractivity contribution in [2.75, 3.05) is 35.5 Å². The van der Waals surface area contributed by atoms with E-state index in [2.05, 4.69) is 36.2 Å². The van der Waals surface area contributed by atoms with Gasteiger partial charge in [0.25, 0.3) is 0 Å². The molecule has 0 fully saturated rings. The first-order valence-electron chi connectivity index (χ1n) is 24.6. The minimum absolute atomic E-state index is 0.158. The van der Waals surface area contributed by atoms with E-state index in [0.717, 1.165) is 14.2 Å². The number of ether oxygens (including phenoxy) is 2. The highest BCUT2D eigenvalue weighted by molar-refractivity contribution is 6.44. The summed E-state index contributed by atoms with van der Waals surface area (Å²) in [7, 11) is 2.09. The fraction of sp³-hybridized carbons (Fsp3) is 0.333. The molecule has 2 aliphatic rings. The summed E-state index contributed by atoms with van der Waals surface area (Å²) in [5.74, 6) is -5.63. The fourth-order valence-electron chi connectivity index (χ4n) is 8.66. The van der Waals surface area contributed by atoms with Crippen LogP contribution < -0.4 is 21.3 Å². The van der Waals surface area contributed by atoms with Crippen molar-refractivity contribution >= 4 is 105 Å². The number of fused-ring (bicyclic) bond motifs is 2. The molecule has 436 valence electrons. The number of methoxy groups -OCH3 is 2. The largest absolute Gasteiger partial charge is 0.471 e. The number of esters is 2. The normalized spacial score (nSPS) is 15.2. The molecule has 4 heterocycles. The summed E-state index contributed by atoms with van der Waals surface area (Å²) in [6, 6.07) is 18.4. The van der Waals surface area contributed by atoms with Gasteiger partial charge in [-0.3, -0.25) is 20.2 Å². The highest BCUT2D eigenvalue weighted by Crippen LogP contribution is 2.36. The summed E-state index contributed by atoms with van der Waals surface area (Å²) >= 11 is 24.4. The van der Waals surface area contributed by atoms with E-state index < -0.39 is 84.2 Å². The van der Waals surface area contributed by atoms with Crippen LogP contribution in [0.5, 0.6) is 0 Å². The summed E-state index contributed by atoms with van der Waals surface area (Å²) in [6.07, 6.45) is -10.7. The van der Waals surface area contributed by atoms with Gasteiger partial charge in [0.05, 0.1) is 68.4 Å². The van der Waals surface area contributed by atoms with Crippen LogP contribution in [0.3, 0.4) is 0 Å². The summed E-state index contributed by atoms with van der Waals surface area (Å²) in [6.45, 7) is 10.7. The topological polar surface area (TPSA) is 211 Å². The molecule has 8 rings (SSSR count). The number of nitrogens with zero attached hydrogens (tertiary/aromatic N) is 6. The second kappa shape index (κ2) is 24.1. The third-order valence-electron chi connectivity index (χ3n) is 12.9. The lowest BCUT2D eigenvalue weighted by atomic mass is 9.92. The van der Waals surface area contributed by atoms with Crippen LogP contribution in [0.2, 0.25) is 20.1 Å². The van der Waals surface area contributed by atoms with E-state index in [0.29, 0.717) is 66.3 Å². The van der Waals surface area contributed by atoms with Crippen LogP contribution in [0.4, 0.5) is 58.9 Å². The van der Waals surface area contributed by atoms with E-state index in [-0.39, 0.29) is 44.4 Å². The molecule has 6 aromatic rings. The van der Waals surface area contributed by atoms with Crippen molar-refractivity contribution in [3.8, 4) is 11.4 Å². The van der Waals surface area contributed by atoms with Gasteiger partial charge in [0.2, 0.25) is 0 Å². The first-order valence-corrected chi connectivity index (χ1v) is 26.1. The van der Waals surface area contributed by atoms with Gasteiger partial charge in [0.1, 0.15) is 23.7 Å². The number of carbonyl (C=O) groups excluding carboxylic acids is 6. The summed E-state index contributed by atoms with van der Waals surface area (Å²) in [5, 5.41) is 20.9. The molecule has 0 bridgehead atoms. The molecule has 0 aliphatic carbocycles. The Morgan fingerprint density at radius 3 is 1.28 bits per heavy atom. The third-order valence-corrected chi connectivity index (χ3v) is 14.6. The maximum absolute atomic E-state index is 13.4. The van der Waals surface area contributed by atoms with E-state index in [4.69, 9.17) is 51.1 Å². The molecule has 0 radical (unpaired) electrons. The predicted octanol–water partition coefficient (Wildman–Crippen LogP) is 12.2. The third kappa shape index (κ3) is 14.0. The van der Waals surface area contributed by atoms with E-state index >= 15 is 0 Å². The zero-order chi connectivity index (χ0) is 60.6. The van der Waals surface area contributed by atoms with Crippen molar-refractivity contribution in [2.45, 2.75) is 103 Å². The van der Waals surface area contributed by atoms with Gasteiger partial charge in [-0.15, -0.1) is 0 Å². The van der Waals surface area contributed by atoms with Gasteiger partial charge in [-0.2, -0.15) is 36.5 Å². The summed E-state index contributed by atoms with van der Waals surface area (Å²) < 4.78 is 92.1. The summed E-state index contributed by atoms with van der Waals surface area (Å²) in [5.41, 5.74) is 3.78. The van der Waals surface area contributed by atoms with Crippen LogP contribution in [0.1, 0.15) is 75.2 Å². The average molecular weight is 1220 g/mol. The van der Waals surface area contributed by atoms with E-state index in [9.17, 15) is 55.1 Å². The molecule has 82 heavy (non-hydrogen) atoms. The van der Waals surface area contributed by atoms with Gasteiger partial charge in [-0.25, -0.2) is 28.5 Å². The van der Waals surface area contributed by atoms with E-state index in [1.165, 1.54) is 9.36 Å². The molecule has 0 saturated heterocycles. The minimum Gasteiger partial charge on any atom is -0.467 e. The Morgan fingerprint density at radius 2 is 0.890 bits per heavy atom. The van der Waals surface area contributed by atoms with Crippen LogP contribution in [0.15, 0.2) is 84.9 Å². The zero-order valence-corrected chi connectivity index (χ0v) is 47.8. The predicted molar refractivity (Wildman–Crippen MR) is 295 cm³/mol. The van der Waals surface area contributed by atoms with Gasteiger partial charge < -0.3 is 29.9 Å². The van der Waals surface area contributed by atoms with Gasteiger partial charge in [-0.05, 0) is 70.8 Å². The molecule has 0 unspecified atom stereocenters. The Labute approximate surface area is 485 Å². The SMILES string of the molecule is COC(=O)[C@@H]1Cc2cc(-n3nc(C(C)(C)C)cc3NC(=O)Nc3cccc(Cl)c3Cl)ccc2CN1C(=O)C(F)(F)F.COC(=O)[C@@H]1Cc2ccc(-n3nc(C(C)(C)C)cc3NC(=O)Nc3cccc(Cl)c3Cl)cc2CN1C(=O)C(F)(F)F. The second-order valence-electron chi connectivity index (χ2n) is 20.8. The number of halogens is 10. The van der Waals surface area contributed by atoms with Crippen LogP contribution >= 0.6 is 46.4 Å². The Hall–Kier alpha value is -7.54. The molecule has 2 atom stereocenters. The number of anilines is 4. The van der Waals surface area contributed by atoms with Crippen molar-refractivity contribution < 1.29 is 64.6 Å². The van der Waals surface area contributed by atoms with Crippen molar-refractivity contribution in [1.29, 1.82) is 0 Å². The fourth-order valence-corrected chi connectivity index (χ4v) is 9.35. The standard InChI is InChI=1S/2C27H26Cl2F3N5O4/c1-26(2,3)20-12-21(34-25(40)33-18-7-5-6-17(28)22(18)29)37(35-20)16-9-8-14-13-36(24(39)27(30,31)32)19(23(38)41-4)11-15(14)10-16;1-26(2,3)20-12-21(34-25(40)33-18-7-5-6-17(28)22(18)29)37(35-20)16-9-8-14-11-19(23(38)41-4)36(13-15(14)10-16)24(39)27(30,31)32/h2*5-10,12,19H,11,13H2,1-4H3,(H2,33,34,40)/t2*19-/m00/s1. The number of hydrogen-bond donors (Lipinski definition) is 4. The Kier molecular flexibility index (Phi) is 18.3. The zero-order valence-electron chi connectivity index (χ0n) is 44.8.